The molecule has 0 saturated heterocycles. The van der Waals surface area contributed by atoms with Crippen molar-refractivity contribution in [2.45, 2.75) is 13.5 Å². The fourth-order valence-electron chi connectivity index (χ4n) is 1.98. The molecular weight excluding hydrogens is 262 g/mol. The maximum Gasteiger partial charge on any atom is 0.345 e. The highest BCUT2D eigenvalue weighted by atomic mass is 32.1. The van der Waals surface area contributed by atoms with E-state index < -0.39 is 5.97 Å². The van der Waals surface area contributed by atoms with E-state index in [1.165, 1.54) is 11.3 Å². The standard InChI is InChI=1S/C13H11N3O2S/c1-8-9(6-12(19-8)13(17)18)7-16-11-5-3-2-4-10(11)14-15-16/h2-6H,7H2,1H3,(H,17,18). The number of hydrogen-bond acceptors (Lipinski definition) is 4. The molecule has 0 radical (unpaired) electrons. The average molecular weight is 273 g/mol. The molecule has 0 amide bonds. The Balaban J connectivity index is 1.99. The quantitative estimate of drug-likeness (QED) is 0.796. The number of carboxylic acids is 1. The zero-order valence-electron chi connectivity index (χ0n) is 10.2. The number of thiophene rings is 1. The number of benzene rings is 1. The number of para-hydroxylation sites is 1. The number of aromatic carboxylic acids is 1. The van der Waals surface area contributed by atoms with Crippen molar-refractivity contribution >= 4 is 28.3 Å². The molecule has 2 heterocycles. The number of carbonyl (C=O) groups is 1. The molecule has 0 saturated carbocycles. The van der Waals surface area contributed by atoms with Crippen LogP contribution < -0.4 is 0 Å². The minimum atomic E-state index is -0.886. The third-order valence-electron chi connectivity index (χ3n) is 2.97. The first-order valence-electron chi connectivity index (χ1n) is 5.76. The normalized spacial score (nSPS) is 11.0. The van der Waals surface area contributed by atoms with Gasteiger partial charge in [0.05, 0.1) is 12.1 Å². The third kappa shape index (κ3) is 2.10. The van der Waals surface area contributed by atoms with Gasteiger partial charge in [0, 0.05) is 4.88 Å². The third-order valence-corrected chi connectivity index (χ3v) is 4.05. The fraction of sp³-hybridized carbons (Fsp3) is 0.154. The Labute approximate surface area is 113 Å². The molecule has 5 nitrogen and oxygen atoms in total. The molecule has 3 rings (SSSR count). The molecule has 0 aliphatic rings. The molecular formula is C13H11N3O2S. The molecule has 6 heteroatoms. The van der Waals surface area contributed by atoms with Crippen LogP contribution in [-0.4, -0.2) is 26.1 Å². The number of nitrogens with zero attached hydrogens (tertiary/aromatic N) is 3. The lowest BCUT2D eigenvalue weighted by molar-refractivity contribution is 0.0702. The minimum absolute atomic E-state index is 0.358. The SMILES string of the molecule is Cc1sc(C(=O)O)cc1Cn1nnc2ccccc21. The van der Waals surface area contributed by atoms with Gasteiger partial charge in [0.15, 0.2) is 0 Å². The van der Waals surface area contributed by atoms with Crippen molar-refractivity contribution in [1.82, 2.24) is 15.0 Å². The second kappa shape index (κ2) is 4.47. The van der Waals surface area contributed by atoms with Crippen molar-refractivity contribution in [3.63, 3.8) is 0 Å². The number of aryl methyl sites for hydroxylation is 1. The lowest BCUT2D eigenvalue weighted by atomic mass is 10.2. The van der Waals surface area contributed by atoms with Gasteiger partial charge in [-0.3, -0.25) is 0 Å². The number of carboxylic acid groups (broad SMARTS) is 1. The van der Waals surface area contributed by atoms with Crippen LogP contribution in [0.1, 0.15) is 20.1 Å². The second-order valence-corrected chi connectivity index (χ2v) is 5.49. The monoisotopic (exact) mass is 273 g/mol. The van der Waals surface area contributed by atoms with E-state index in [1.54, 1.807) is 10.7 Å². The highest BCUT2D eigenvalue weighted by Crippen LogP contribution is 2.23. The number of rotatable bonds is 3. The summed E-state index contributed by atoms with van der Waals surface area (Å²) in [7, 11) is 0. The number of hydrogen-bond donors (Lipinski definition) is 1. The van der Waals surface area contributed by atoms with Crippen molar-refractivity contribution in [2.75, 3.05) is 0 Å². The van der Waals surface area contributed by atoms with Crippen LogP contribution in [0.25, 0.3) is 11.0 Å². The fourth-order valence-corrected chi connectivity index (χ4v) is 2.85. The molecule has 0 spiro atoms. The zero-order valence-corrected chi connectivity index (χ0v) is 11.0. The molecule has 19 heavy (non-hydrogen) atoms. The summed E-state index contributed by atoms with van der Waals surface area (Å²) in [6.45, 7) is 2.46. The molecule has 0 fully saturated rings. The first kappa shape index (κ1) is 11.9. The molecule has 0 aliphatic heterocycles. The van der Waals surface area contributed by atoms with E-state index in [1.807, 2.05) is 31.2 Å². The van der Waals surface area contributed by atoms with Gasteiger partial charge in [-0.2, -0.15) is 0 Å². The highest BCUT2D eigenvalue weighted by Gasteiger charge is 2.12. The predicted octanol–water partition coefficient (Wildman–Crippen LogP) is 2.55. The average Bonchev–Trinajstić information content (AvgIpc) is 2.96. The highest BCUT2D eigenvalue weighted by molar-refractivity contribution is 7.14. The van der Waals surface area contributed by atoms with Gasteiger partial charge >= 0.3 is 5.97 Å². The lowest BCUT2D eigenvalue weighted by Crippen LogP contribution is -2.02. The maximum absolute atomic E-state index is 11.0. The Morgan fingerprint density at radius 2 is 2.21 bits per heavy atom. The summed E-state index contributed by atoms with van der Waals surface area (Å²) in [6.07, 6.45) is 0. The maximum atomic E-state index is 11.0. The molecule has 0 bridgehead atoms. The first-order chi connectivity index (χ1) is 9.15. The predicted molar refractivity (Wildman–Crippen MR) is 72.6 cm³/mol. The number of fused-ring (bicyclic) bond motifs is 1. The molecule has 2 aromatic heterocycles. The smallest absolute Gasteiger partial charge is 0.345 e. The van der Waals surface area contributed by atoms with Crippen LogP contribution in [0.2, 0.25) is 0 Å². The van der Waals surface area contributed by atoms with E-state index in [2.05, 4.69) is 10.3 Å². The van der Waals surface area contributed by atoms with Gasteiger partial charge in [0.1, 0.15) is 10.4 Å². The molecule has 1 N–H and O–H groups in total. The van der Waals surface area contributed by atoms with Gasteiger partial charge in [-0.05, 0) is 30.7 Å². The summed E-state index contributed by atoms with van der Waals surface area (Å²) in [5.74, 6) is -0.886. The first-order valence-corrected chi connectivity index (χ1v) is 6.57. The van der Waals surface area contributed by atoms with Crippen LogP contribution in [0.3, 0.4) is 0 Å². The molecule has 0 atom stereocenters. The molecule has 1 aromatic carbocycles. The van der Waals surface area contributed by atoms with Gasteiger partial charge in [0.25, 0.3) is 0 Å². The van der Waals surface area contributed by atoms with Gasteiger partial charge in [-0.25, -0.2) is 9.48 Å². The van der Waals surface area contributed by atoms with Crippen molar-refractivity contribution in [2.24, 2.45) is 0 Å². The largest absolute Gasteiger partial charge is 0.477 e. The zero-order chi connectivity index (χ0) is 13.4. The van der Waals surface area contributed by atoms with Crippen LogP contribution in [0, 0.1) is 6.92 Å². The molecule has 96 valence electrons. The Bertz CT molecular complexity index is 760. The van der Waals surface area contributed by atoms with Gasteiger partial charge in [-0.1, -0.05) is 17.3 Å². The van der Waals surface area contributed by atoms with E-state index in [9.17, 15) is 4.79 Å². The summed E-state index contributed by atoms with van der Waals surface area (Å²) in [4.78, 5) is 12.3. The molecule has 3 aromatic rings. The van der Waals surface area contributed by atoms with Crippen molar-refractivity contribution in [3.8, 4) is 0 Å². The Morgan fingerprint density at radius 3 is 2.95 bits per heavy atom. The van der Waals surface area contributed by atoms with E-state index in [4.69, 9.17) is 5.11 Å². The summed E-state index contributed by atoms with van der Waals surface area (Å²) >= 11 is 1.29. The van der Waals surface area contributed by atoms with E-state index >= 15 is 0 Å². The Kier molecular flexibility index (Phi) is 2.79. The summed E-state index contributed by atoms with van der Waals surface area (Å²) in [5.41, 5.74) is 2.76. The minimum Gasteiger partial charge on any atom is -0.477 e. The summed E-state index contributed by atoms with van der Waals surface area (Å²) in [6, 6.07) is 9.42. The lowest BCUT2D eigenvalue weighted by Gasteiger charge is -2.01. The Morgan fingerprint density at radius 1 is 1.42 bits per heavy atom. The molecule has 0 aliphatic carbocycles. The van der Waals surface area contributed by atoms with Gasteiger partial charge in [-0.15, -0.1) is 16.4 Å². The van der Waals surface area contributed by atoms with Gasteiger partial charge < -0.3 is 5.11 Å². The van der Waals surface area contributed by atoms with Gasteiger partial charge in [0.2, 0.25) is 0 Å². The summed E-state index contributed by atoms with van der Waals surface area (Å²) < 4.78 is 1.79. The van der Waals surface area contributed by atoms with Crippen molar-refractivity contribution < 1.29 is 9.90 Å². The molecule has 0 unspecified atom stereocenters. The Hall–Kier alpha value is -2.21. The second-order valence-electron chi connectivity index (χ2n) is 4.23. The van der Waals surface area contributed by atoms with Crippen molar-refractivity contribution in [3.05, 3.63) is 45.6 Å². The van der Waals surface area contributed by atoms with Crippen LogP contribution in [-0.2, 0) is 6.54 Å². The van der Waals surface area contributed by atoms with Crippen LogP contribution in [0.5, 0.6) is 0 Å². The van der Waals surface area contributed by atoms with Crippen molar-refractivity contribution in [1.29, 1.82) is 0 Å². The van der Waals surface area contributed by atoms with E-state index in [-0.39, 0.29) is 0 Å². The van der Waals surface area contributed by atoms with Crippen LogP contribution in [0.15, 0.2) is 30.3 Å². The topological polar surface area (TPSA) is 68.0 Å². The van der Waals surface area contributed by atoms with Crippen LogP contribution >= 0.6 is 11.3 Å². The summed E-state index contributed by atoms with van der Waals surface area (Å²) in [5, 5.41) is 17.2. The van der Waals surface area contributed by atoms with Crippen LogP contribution in [0.4, 0.5) is 0 Å². The number of aromatic nitrogens is 3. The van der Waals surface area contributed by atoms with E-state index in [0.29, 0.717) is 11.4 Å². The van der Waals surface area contributed by atoms with E-state index in [0.717, 1.165) is 21.5 Å².